The van der Waals surface area contributed by atoms with Crippen molar-refractivity contribution in [1.29, 1.82) is 0 Å². The Morgan fingerprint density at radius 2 is 2.09 bits per heavy atom. The van der Waals surface area contributed by atoms with E-state index in [1.54, 1.807) is 26.4 Å². The van der Waals surface area contributed by atoms with Crippen molar-refractivity contribution in [3.63, 3.8) is 0 Å². The number of anilines is 1. The topological polar surface area (TPSA) is 98.9 Å². The first-order chi connectivity index (χ1) is 11.1. The Bertz CT molecular complexity index is 746. The highest BCUT2D eigenvalue weighted by Gasteiger charge is 2.13. The standard InChI is InChI=1S/C15H16N4O4/c1-10-13(22-2)7-6-11(14(10)23-3)9-17-18-15-12(19(20)21)5-4-8-16-15/h4-9H,1-3H3,(H,16,18)/b17-9-. The fourth-order valence-electron chi connectivity index (χ4n) is 2.08. The van der Waals surface area contributed by atoms with Gasteiger partial charge in [0, 0.05) is 23.4 Å². The summed E-state index contributed by atoms with van der Waals surface area (Å²) in [5.41, 5.74) is 3.96. The zero-order chi connectivity index (χ0) is 16.8. The van der Waals surface area contributed by atoms with Crippen molar-refractivity contribution in [2.24, 2.45) is 5.10 Å². The average Bonchev–Trinajstić information content (AvgIpc) is 2.55. The largest absolute Gasteiger partial charge is 0.496 e. The van der Waals surface area contributed by atoms with Crippen LogP contribution in [0.25, 0.3) is 0 Å². The van der Waals surface area contributed by atoms with E-state index in [1.165, 1.54) is 24.5 Å². The molecular weight excluding hydrogens is 300 g/mol. The van der Waals surface area contributed by atoms with E-state index in [9.17, 15) is 10.1 Å². The molecular formula is C15H16N4O4. The first-order valence-electron chi connectivity index (χ1n) is 6.68. The van der Waals surface area contributed by atoms with E-state index in [1.807, 2.05) is 6.92 Å². The van der Waals surface area contributed by atoms with Crippen LogP contribution in [0, 0.1) is 17.0 Å². The molecule has 1 heterocycles. The lowest BCUT2D eigenvalue weighted by Gasteiger charge is -2.11. The van der Waals surface area contributed by atoms with Crippen molar-refractivity contribution in [2.45, 2.75) is 6.92 Å². The van der Waals surface area contributed by atoms with Gasteiger partial charge in [0.05, 0.1) is 25.4 Å². The molecule has 0 bridgehead atoms. The molecule has 0 aliphatic rings. The maximum atomic E-state index is 10.9. The van der Waals surface area contributed by atoms with E-state index in [0.29, 0.717) is 17.1 Å². The van der Waals surface area contributed by atoms with Gasteiger partial charge in [-0.3, -0.25) is 15.5 Å². The van der Waals surface area contributed by atoms with Gasteiger partial charge in [0.1, 0.15) is 11.5 Å². The number of hydrazone groups is 1. The number of rotatable bonds is 6. The van der Waals surface area contributed by atoms with Crippen molar-refractivity contribution >= 4 is 17.7 Å². The SMILES string of the molecule is COc1ccc(/C=N\Nc2ncccc2[N+](=O)[O-])c(OC)c1C. The molecule has 1 aromatic carbocycles. The Kier molecular flexibility index (Phi) is 5.08. The van der Waals surface area contributed by atoms with Crippen LogP contribution in [0.15, 0.2) is 35.6 Å². The molecule has 8 heteroatoms. The van der Waals surface area contributed by atoms with Gasteiger partial charge in [-0.2, -0.15) is 5.10 Å². The van der Waals surface area contributed by atoms with Gasteiger partial charge in [0.15, 0.2) is 0 Å². The molecule has 23 heavy (non-hydrogen) atoms. The fraction of sp³-hybridized carbons (Fsp3) is 0.200. The van der Waals surface area contributed by atoms with E-state index in [-0.39, 0.29) is 11.5 Å². The maximum Gasteiger partial charge on any atom is 0.313 e. The van der Waals surface area contributed by atoms with Gasteiger partial charge in [-0.15, -0.1) is 0 Å². The highest BCUT2D eigenvalue weighted by Crippen LogP contribution is 2.30. The lowest BCUT2D eigenvalue weighted by Crippen LogP contribution is -2.00. The van der Waals surface area contributed by atoms with Crippen LogP contribution >= 0.6 is 0 Å². The number of nitrogens with zero attached hydrogens (tertiary/aromatic N) is 3. The summed E-state index contributed by atoms with van der Waals surface area (Å²) in [6.45, 7) is 1.87. The summed E-state index contributed by atoms with van der Waals surface area (Å²) in [4.78, 5) is 14.3. The first kappa shape index (κ1) is 16.2. The Labute approximate surface area is 132 Å². The summed E-state index contributed by atoms with van der Waals surface area (Å²) in [6, 6.07) is 6.41. The molecule has 0 aliphatic carbocycles. The van der Waals surface area contributed by atoms with Crippen LogP contribution in [-0.2, 0) is 0 Å². The molecule has 0 fully saturated rings. The highest BCUT2D eigenvalue weighted by molar-refractivity contribution is 5.85. The van der Waals surface area contributed by atoms with Crippen molar-refractivity contribution < 1.29 is 14.4 Å². The number of methoxy groups -OCH3 is 2. The van der Waals surface area contributed by atoms with E-state index >= 15 is 0 Å². The van der Waals surface area contributed by atoms with E-state index in [4.69, 9.17) is 9.47 Å². The van der Waals surface area contributed by atoms with Gasteiger partial charge in [-0.25, -0.2) is 4.98 Å². The summed E-state index contributed by atoms with van der Waals surface area (Å²) >= 11 is 0. The molecule has 2 aromatic rings. The van der Waals surface area contributed by atoms with E-state index in [2.05, 4.69) is 15.5 Å². The van der Waals surface area contributed by atoms with Gasteiger partial charge in [-0.05, 0) is 25.1 Å². The van der Waals surface area contributed by atoms with Crippen molar-refractivity contribution in [3.8, 4) is 11.5 Å². The summed E-state index contributed by atoms with van der Waals surface area (Å²) < 4.78 is 10.6. The van der Waals surface area contributed by atoms with Gasteiger partial charge in [0.2, 0.25) is 5.82 Å². The maximum absolute atomic E-state index is 10.9. The van der Waals surface area contributed by atoms with Crippen LogP contribution in [0.1, 0.15) is 11.1 Å². The molecule has 0 saturated heterocycles. The Morgan fingerprint density at radius 1 is 1.30 bits per heavy atom. The molecule has 0 aliphatic heterocycles. The number of pyridine rings is 1. The van der Waals surface area contributed by atoms with Gasteiger partial charge in [-0.1, -0.05) is 0 Å². The number of benzene rings is 1. The Morgan fingerprint density at radius 3 is 2.74 bits per heavy atom. The highest BCUT2D eigenvalue weighted by atomic mass is 16.6. The quantitative estimate of drug-likeness (QED) is 0.500. The van der Waals surface area contributed by atoms with Gasteiger partial charge in [0.25, 0.3) is 0 Å². The van der Waals surface area contributed by atoms with Gasteiger partial charge < -0.3 is 9.47 Å². The fourth-order valence-corrected chi connectivity index (χ4v) is 2.08. The van der Waals surface area contributed by atoms with E-state index < -0.39 is 4.92 Å². The van der Waals surface area contributed by atoms with Crippen molar-refractivity contribution in [1.82, 2.24) is 4.98 Å². The minimum Gasteiger partial charge on any atom is -0.496 e. The second-order valence-corrected chi connectivity index (χ2v) is 4.51. The number of ether oxygens (including phenoxy) is 2. The molecule has 1 N–H and O–H groups in total. The molecule has 8 nitrogen and oxygen atoms in total. The smallest absolute Gasteiger partial charge is 0.313 e. The number of hydrogen-bond acceptors (Lipinski definition) is 7. The van der Waals surface area contributed by atoms with Crippen LogP contribution in [-0.4, -0.2) is 30.3 Å². The molecule has 0 spiro atoms. The van der Waals surface area contributed by atoms with Crippen LogP contribution in [0.4, 0.5) is 11.5 Å². The third-order valence-corrected chi connectivity index (χ3v) is 3.17. The summed E-state index contributed by atoms with van der Waals surface area (Å²) in [5.74, 6) is 1.38. The number of nitro groups is 1. The normalized spacial score (nSPS) is 10.6. The summed E-state index contributed by atoms with van der Waals surface area (Å²) in [6.07, 6.45) is 2.95. The minimum atomic E-state index is -0.525. The van der Waals surface area contributed by atoms with Crippen LogP contribution < -0.4 is 14.9 Å². The third kappa shape index (κ3) is 3.54. The minimum absolute atomic E-state index is 0.0675. The lowest BCUT2D eigenvalue weighted by atomic mass is 10.1. The Balaban J connectivity index is 2.25. The first-order valence-corrected chi connectivity index (χ1v) is 6.68. The number of nitrogens with one attached hydrogen (secondary N) is 1. The third-order valence-electron chi connectivity index (χ3n) is 3.17. The predicted octanol–water partition coefficient (Wildman–Crippen LogP) is 2.76. The number of hydrogen-bond donors (Lipinski definition) is 1. The zero-order valence-corrected chi connectivity index (χ0v) is 12.9. The molecule has 0 unspecified atom stereocenters. The lowest BCUT2D eigenvalue weighted by molar-refractivity contribution is -0.384. The molecule has 120 valence electrons. The second-order valence-electron chi connectivity index (χ2n) is 4.51. The molecule has 0 atom stereocenters. The van der Waals surface area contributed by atoms with Crippen molar-refractivity contribution in [2.75, 3.05) is 19.6 Å². The molecule has 1 aromatic heterocycles. The molecule has 0 radical (unpaired) electrons. The molecule has 0 amide bonds. The molecule has 0 saturated carbocycles. The van der Waals surface area contributed by atoms with Crippen LogP contribution in [0.5, 0.6) is 11.5 Å². The van der Waals surface area contributed by atoms with Crippen LogP contribution in [0.2, 0.25) is 0 Å². The molecule has 2 rings (SSSR count). The second kappa shape index (κ2) is 7.21. The zero-order valence-electron chi connectivity index (χ0n) is 12.9. The summed E-state index contributed by atoms with van der Waals surface area (Å²) in [7, 11) is 3.13. The monoisotopic (exact) mass is 316 g/mol. The van der Waals surface area contributed by atoms with Gasteiger partial charge >= 0.3 is 5.69 Å². The number of aromatic nitrogens is 1. The predicted molar refractivity (Wildman–Crippen MR) is 86.4 cm³/mol. The van der Waals surface area contributed by atoms with Crippen LogP contribution in [0.3, 0.4) is 0 Å². The van der Waals surface area contributed by atoms with Crippen molar-refractivity contribution in [3.05, 3.63) is 51.7 Å². The Hall–Kier alpha value is -3.16. The summed E-state index contributed by atoms with van der Waals surface area (Å²) in [5, 5.41) is 14.9. The van der Waals surface area contributed by atoms with E-state index in [0.717, 1.165) is 5.56 Å². The average molecular weight is 316 g/mol.